The summed E-state index contributed by atoms with van der Waals surface area (Å²) in [5.41, 5.74) is 1.94. The summed E-state index contributed by atoms with van der Waals surface area (Å²) < 4.78 is 4.22. The smallest absolute Gasteiger partial charge is 0.334 e. The van der Waals surface area contributed by atoms with Crippen molar-refractivity contribution in [1.29, 1.82) is 0 Å². The quantitative estimate of drug-likeness (QED) is 0.337. The number of hydrogen-bond acceptors (Lipinski definition) is 4. The second-order valence-corrected chi connectivity index (χ2v) is 1.54. The molecule has 62 valence electrons. The first-order valence-corrected chi connectivity index (χ1v) is 2.81. The Kier molecular flexibility index (Phi) is 4.76. The topological polar surface area (TPSA) is 64.6 Å². The number of esters is 1. The summed E-state index contributed by atoms with van der Waals surface area (Å²) in [4.78, 5) is 25.1. The molecule has 0 rings (SSSR count). The molecule has 0 heterocycles. The highest BCUT2D eigenvalue weighted by Gasteiger charge is 2.00. The molecule has 0 aromatic rings. The normalized spacial score (nSPS) is 8.45. The van der Waals surface area contributed by atoms with Gasteiger partial charge in [0.25, 0.3) is 5.91 Å². The first-order chi connectivity index (χ1) is 5.20. The third kappa shape index (κ3) is 5.10. The Morgan fingerprint density at radius 3 is 2.73 bits per heavy atom. The Hall–Kier alpha value is -1.36. The molecule has 0 aromatic carbocycles. The molecule has 5 heteroatoms. The zero-order valence-corrected chi connectivity index (χ0v) is 6.12. The Morgan fingerprint density at radius 1 is 1.64 bits per heavy atom. The van der Waals surface area contributed by atoms with Crippen LogP contribution in [-0.4, -0.2) is 25.6 Å². The summed E-state index contributed by atoms with van der Waals surface area (Å²) >= 11 is 0. The molecule has 0 saturated carbocycles. The minimum Gasteiger partial charge on any atom is -0.467 e. The molecule has 11 heavy (non-hydrogen) atoms. The van der Waals surface area contributed by atoms with E-state index < -0.39 is 11.9 Å². The molecule has 0 aliphatic carbocycles. The van der Waals surface area contributed by atoms with E-state index >= 15 is 0 Å². The molecule has 5 nitrogen and oxygen atoms in total. The second kappa shape index (κ2) is 5.43. The van der Waals surface area contributed by atoms with E-state index in [1.807, 2.05) is 5.48 Å². The maximum Gasteiger partial charge on any atom is 0.334 e. The summed E-state index contributed by atoms with van der Waals surface area (Å²) in [5, 5.41) is 0. The largest absolute Gasteiger partial charge is 0.467 e. The van der Waals surface area contributed by atoms with Crippen molar-refractivity contribution in [2.45, 2.75) is 0 Å². The lowest BCUT2D eigenvalue weighted by Crippen LogP contribution is -2.25. The lowest BCUT2D eigenvalue weighted by molar-refractivity contribution is -0.151. The molecule has 0 aliphatic heterocycles. The number of carbonyl (C=O) groups is 2. The Morgan fingerprint density at radius 2 is 2.27 bits per heavy atom. The van der Waals surface area contributed by atoms with Gasteiger partial charge in [0.2, 0.25) is 0 Å². The SMILES string of the molecule is C=CC(=O)NOCC(=O)OC. The molecule has 0 fully saturated rings. The van der Waals surface area contributed by atoms with Crippen molar-refractivity contribution in [3.8, 4) is 0 Å². The Balaban J connectivity index is 3.34. The van der Waals surface area contributed by atoms with E-state index in [0.717, 1.165) is 6.08 Å². The molecule has 1 amide bonds. The van der Waals surface area contributed by atoms with Crippen molar-refractivity contribution >= 4 is 11.9 Å². The standard InChI is InChI=1S/C6H9NO4/c1-3-5(8)7-11-4-6(9)10-2/h3H,1,4H2,2H3,(H,7,8). The maximum absolute atomic E-state index is 10.4. The summed E-state index contributed by atoms with van der Waals surface area (Å²) in [5.74, 6) is -1.07. The van der Waals surface area contributed by atoms with Gasteiger partial charge < -0.3 is 4.74 Å². The van der Waals surface area contributed by atoms with Gasteiger partial charge in [0, 0.05) is 0 Å². The lowest BCUT2D eigenvalue weighted by Gasteiger charge is -2.00. The fourth-order valence-electron chi connectivity index (χ4n) is 0.267. The van der Waals surface area contributed by atoms with E-state index in [4.69, 9.17) is 0 Å². The van der Waals surface area contributed by atoms with Crippen LogP contribution in [0, 0.1) is 0 Å². The first-order valence-electron chi connectivity index (χ1n) is 2.81. The number of methoxy groups -OCH3 is 1. The minimum absolute atomic E-state index is 0.309. The van der Waals surface area contributed by atoms with Crippen LogP contribution >= 0.6 is 0 Å². The van der Waals surface area contributed by atoms with Crippen LogP contribution in [0.5, 0.6) is 0 Å². The van der Waals surface area contributed by atoms with Crippen molar-refractivity contribution in [3.05, 3.63) is 12.7 Å². The second-order valence-electron chi connectivity index (χ2n) is 1.54. The summed E-state index contributed by atoms with van der Waals surface area (Å²) in [6.45, 7) is 2.86. The lowest BCUT2D eigenvalue weighted by atomic mass is 10.6. The van der Waals surface area contributed by atoms with Gasteiger partial charge in [0.05, 0.1) is 7.11 Å². The highest BCUT2D eigenvalue weighted by atomic mass is 16.7. The van der Waals surface area contributed by atoms with E-state index in [-0.39, 0.29) is 6.61 Å². The minimum atomic E-state index is -0.561. The van der Waals surface area contributed by atoms with Gasteiger partial charge in [-0.15, -0.1) is 0 Å². The first kappa shape index (κ1) is 9.64. The highest BCUT2D eigenvalue weighted by molar-refractivity contribution is 5.86. The molecule has 0 atom stereocenters. The van der Waals surface area contributed by atoms with Crippen LogP contribution < -0.4 is 5.48 Å². The average Bonchev–Trinajstić information content (AvgIpc) is 2.04. The third-order valence-corrected chi connectivity index (χ3v) is 0.776. The van der Waals surface area contributed by atoms with Gasteiger partial charge in [-0.3, -0.25) is 9.63 Å². The zero-order valence-electron chi connectivity index (χ0n) is 6.12. The van der Waals surface area contributed by atoms with Gasteiger partial charge >= 0.3 is 5.97 Å². The molecular formula is C6H9NO4. The molecule has 1 N–H and O–H groups in total. The van der Waals surface area contributed by atoms with Crippen molar-refractivity contribution in [1.82, 2.24) is 5.48 Å². The summed E-state index contributed by atoms with van der Waals surface area (Å²) in [7, 11) is 1.22. The number of hydroxylamine groups is 1. The zero-order chi connectivity index (χ0) is 8.69. The molecular weight excluding hydrogens is 150 g/mol. The van der Waals surface area contributed by atoms with Gasteiger partial charge in [0.15, 0.2) is 6.61 Å². The number of nitrogens with one attached hydrogen (secondary N) is 1. The van der Waals surface area contributed by atoms with E-state index in [2.05, 4.69) is 16.2 Å². The van der Waals surface area contributed by atoms with Crippen LogP contribution in [0.4, 0.5) is 0 Å². The summed E-state index contributed by atoms with van der Waals surface area (Å²) in [6, 6.07) is 0. The molecule has 0 saturated heterocycles. The van der Waals surface area contributed by atoms with Crippen molar-refractivity contribution in [2.24, 2.45) is 0 Å². The van der Waals surface area contributed by atoms with Crippen LogP contribution in [0.1, 0.15) is 0 Å². The molecule has 0 spiro atoms. The summed E-state index contributed by atoms with van der Waals surface area (Å²) in [6.07, 6.45) is 1.03. The third-order valence-electron chi connectivity index (χ3n) is 0.776. The van der Waals surface area contributed by atoms with Gasteiger partial charge in [0.1, 0.15) is 0 Å². The van der Waals surface area contributed by atoms with Crippen LogP contribution in [-0.2, 0) is 19.2 Å². The number of amides is 1. The molecule has 0 aromatic heterocycles. The molecule has 0 bridgehead atoms. The fourth-order valence-corrected chi connectivity index (χ4v) is 0.267. The van der Waals surface area contributed by atoms with Crippen molar-refractivity contribution < 1.29 is 19.2 Å². The fraction of sp³-hybridized carbons (Fsp3) is 0.333. The van der Waals surface area contributed by atoms with E-state index in [0.29, 0.717) is 0 Å². The van der Waals surface area contributed by atoms with Crippen LogP contribution in [0.2, 0.25) is 0 Å². The number of hydrogen-bond donors (Lipinski definition) is 1. The number of carbonyl (C=O) groups excluding carboxylic acids is 2. The van der Waals surface area contributed by atoms with E-state index in [9.17, 15) is 9.59 Å². The van der Waals surface area contributed by atoms with Crippen molar-refractivity contribution in [2.75, 3.05) is 13.7 Å². The molecule has 0 unspecified atom stereocenters. The van der Waals surface area contributed by atoms with Gasteiger partial charge in [-0.1, -0.05) is 6.58 Å². The Labute approximate surface area is 63.9 Å². The van der Waals surface area contributed by atoms with Gasteiger partial charge in [-0.05, 0) is 6.08 Å². The maximum atomic E-state index is 10.4. The Bertz CT molecular complexity index is 166. The predicted octanol–water partition coefficient (Wildman–Crippen LogP) is -0.607. The number of rotatable bonds is 4. The monoisotopic (exact) mass is 159 g/mol. The van der Waals surface area contributed by atoms with Crippen molar-refractivity contribution in [3.63, 3.8) is 0 Å². The average molecular weight is 159 g/mol. The van der Waals surface area contributed by atoms with Crippen LogP contribution in [0.25, 0.3) is 0 Å². The molecule has 0 radical (unpaired) electrons. The van der Waals surface area contributed by atoms with Gasteiger partial charge in [-0.25, -0.2) is 10.3 Å². The molecule has 0 aliphatic rings. The number of ether oxygens (including phenoxy) is 1. The van der Waals surface area contributed by atoms with E-state index in [1.165, 1.54) is 7.11 Å². The van der Waals surface area contributed by atoms with Crippen LogP contribution in [0.15, 0.2) is 12.7 Å². The van der Waals surface area contributed by atoms with E-state index in [1.54, 1.807) is 0 Å². The van der Waals surface area contributed by atoms with Gasteiger partial charge in [-0.2, -0.15) is 0 Å². The highest BCUT2D eigenvalue weighted by Crippen LogP contribution is 1.74. The predicted molar refractivity (Wildman–Crippen MR) is 36.3 cm³/mol. The van der Waals surface area contributed by atoms with Crippen LogP contribution in [0.3, 0.4) is 0 Å².